The molecule has 11 unspecified atom stereocenters. The van der Waals surface area contributed by atoms with Gasteiger partial charge in [-0.15, -0.1) is 0 Å². The van der Waals surface area contributed by atoms with Gasteiger partial charge in [-0.3, -0.25) is 9.59 Å². The standard InChI is InChI=1S/C42H61N9O7/c1-22(2)34(47-41(54)56-5)39(52)50-14-7-9-29(50)37-43-20-27(45-37)24-11-12-32-31(18-24)49-16-13-25-17-26(19-33(58-32)36(25)49)28-21-44-38(46-28)30-10-8-15-51(30)40(53)35(23(3)4)48-42(55)57-6/h13,16,20-26,29-36H,7-12,14-15,17-19H2,1-6H3,(H,43,45)(H,44,46)(H,47,54)(H,48,55). The SMILES string of the molecule is COC(=O)NC(C(=O)N1CCCC1c1ncc(C2CC3C=CN4C5CC(c6cnc(C7CCCN7C(=O)C(NC(=O)OC)C(C)C)[nH]6)CCC5OC(C2)C34)[nH]1)C(C)C. The Kier molecular flexibility index (Phi) is 11.5. The van der Waals surface area contributed by atoms with Gasteiger partial charge < -0.3 is 49.5 Å². The average molecular weight is 804 g/mol. The minimum Gasteiger partial charge on any atom is -0.453 e. The Morgan fingerprint density at radius 3 is 1.83 bits per heavy atom. The van der Waals surface area contributed by atoms with Crippen LogP contribution in [0.2, 0.25) is 0 Å². The lowest BCUT2D eigenvalue weighted by Crippen LogP contribution is -2.61. The molecule has 5 fully saturated rings. The highest BCUT2D eigenvalue weighted by atomic mass is 16.5. The molecule has 6 heterocycles. The topological polar surface area (TPSA) is 187 Å². The van der Waals surface area contributed by atoms with E-state index in [0.717, 1.165) is 80.8 Å². The third-order valence-electron chi connectivity index (χ3n) is 13.8. The first-order valence-electron chi connectivity index (χ1n) is 21.5. The molecule has 4 N–H and O–H groups in total. The predicted octanol–water partition coefficient (Wildman–Crippen LogP) is 5.02. The molecule has 16 heteroatoms. The highest BCUT2D eigenvalue weighted by Gasteiger charge is 2.53. The van der Waals surface area contributed by atoms with Gasteiger partial charge >= 0.3 is 12.2 Å². The van der Waals surface area contributed by atoms with E-state index in [2.05, 4.69) is 37.8 Å². The van der Waals surface area contributed by atoms with Crippen LogP contribution in [0.15, 0.2) is 24.7 Å². The minimum absolute atomic E-state index is 0.0883. The third-order valence-corrected chi connectivity index (χ3v) is 13.8. The molecule has 6 aliphatic rings. The number of hydrogen-bond acceptors (Lipinski definition) is 10. The molecule has 2 saturated carbocycles. The molecule has 0 radical (unpaired) electrons. The number of carbonyl (C=O) groups is 4. The number of aromatic nitrogens is 4. The number of imidazole rings is 2. The van der Waals surface area contributed by atoms with Crippen LogP contribution in [-0.4, -0.2) is 122 Å². The Morgan fingerprint density at radius 1 is 0.741 bits per heavy atom. The summed E-state index contributed by atoms with van der Waals surface area (Å²) in [6.45, 7) is 8.95. The molecule has 316 valence electrons. The van der Waals surface area contributed by atoms with Gasteiger partial charge in [-0.25, -0.2) is 19.6 Å². The van der Waals surface area contributed by atoms with Crippen LogP contribution >= 0.6 is 0 Å². The summed E-state index contributed by atoms with van der Waals surface area (Å²) in [6.07, 6.45) is 15.9. The summed E-state index contributed by atoms with van der Waals surface area (Å²) in [7, 11) is 2.62. The van der Waals surface area contributed by atoms with E-state index >= 15 is 0 Å². The van der Waals surface area contributed by atoms with Crippen molar-refractivity contribution in [3.63, 3.8) is 0 Å². The molecule has 0 spiro atoms. The quantitative estimate of drug-likeness (QED) is 0.254. The van der Waals surface area contributed by atoms with Crippen molar-refractivity contribution in [2.45, 2.75) is 146 Å². The van der Waals surface area contributed by atoms with Crippen molar-refractivity contribution < 1.29 is 33.4 Å². The predicted molar refractivity (Wildman–Crippen MR) is 212 cm³/mol. The van der Waals surface area contributed by atoms with E-state index in [1.54, 1.807) is 0 Å². The Morgan fingerprint density at radius 2 is 1.29 bits per heavy atom. The lowest BCUT2D eigenvalue weighted by molar-refractivity contribution is -0.167. The fourth-order valence-corrected chi connectivity index (χ4v) is 10.8. The first-order valence-corrected chi connectivity index (χ1v) is 21.5. The molecular weight excluding hydrogens is 743 g/mol. The average Bonchev–Trinajstić information content (AvgIpc) is 4.07. The number of hydrogen-bond donors (Lipinski definition) is 4. The molecule has 0 bridgehead atoms. The Bertz CT molecular complexity index is 1860. The number of nitrogens with one attached hydrogen (secondary N) is 4. The van der Waals surface area contributed by atoms with Crippen molar-refractivity contribution in [1.82, 2.24) is 45.3 Å². The number of amides is 4. The number of likely N-dealkylation sites (tertiary alicyclic amines) is 2. The van der Waals surface area contributed by atoms with Crippen LogP contribution < -0.4 is 10.6 Å². The van der Waals surface area contributed by atoms with Crippen molar-refractivity contribution in [2.75, 3.05) is 27.3 Å². The van der Waals surface area contributed by atoms with Crippen LogP contribution in [0.1, 0.15) is 132 Å². The van der Waals surface area contributed by atoms with Gasteiger partial charge in [-0.1, -0.05) is 33.8 Å². The van der Waals surface area contributed by atoms with Gasteiger partial charge in [0.25, 0.3) is 0 Å². The summed E-state index contributed by atoms with van der Waals surface area (Å²) in [5, 5.41) is 5.47. The maximum Gasteiger partial charge on any atom is 0.407 e. The molecule has 2 aromatic rings. The molecular formula is C42H61N9O7. The second kappa shape index (κ2) is 16.6. The fourth-order valence-electron chi connectivity index (χ4n) is 10.8. The van der Waals surface area contributed by atoms with Crippen molar-refractivity contribution >= 4 is 24.0 Å². The van der Waals surface area contributed by atoms with Gasteiger partial charge in [0.2, 0.25) is 11.8 Å². The number of morpholine rings is 1. The van der Waals surface area contributed by atoms with Crippen LogP contribution in [0.3, 0.4) is 0 Å². The summed E-state index contributed by atoms with van der Waals surface area (Å²) in [6, 6.07) is -1.08. The van der Waals surface area contributed by atoms with Crippen molar-refractivity contribution in [3.8, 4) is 0 Å². The van der Waals surface area contributed by atoms with E-state index < -0.39 is 24.3 Å². The lowest BCUT2D eigenvalue weighted by Gasteiger charge is -2.54. The van der Waals surface area contributed by atoms with E-state index in [1.807, 2.05) is 49.9 Å². The second-order valence-electron chi connectivity index (χ2n) is 17.9. The molecule has 8 rings (SSSR count). The number of aromatic amines is 2. The van der Waals surface area contributed by atoms with Crippen LogP contribution in [0.25, 0.3) is 0 Å². The summed E-state index contributed by atoms with van der Waals surface area (Å²) in [5.74, 6) is 2.16. The largest absolute Gasteiger partial charge is 0.453 e. The van der Waals surface area contributed by atoms with Crippen LogP contribution in [0.4, 0.5) is 9.59 Å². The number of alkyl carbamates (subject to hydrolysis) is 2. The minimum atomic E-state index is -0.670. The zero-order valence-corrected chi connectivity index (χ0v) is 34.7. The zero-order valence-electron chi connectivity index (χ0n) is 34.7. The first kappa shape index (κ1) is 40.2. The number of methoxy groups -OCH3 is 2. The molecule has 11 atom stereocenters. The molecule has 0 aromatic carbocycles. The van der Waals surface area contributed by atoms with E-state index in [-0.39, 0.29) is 59.9 Å². The van der Waals surface area contributed by atoms with Crippen LogP contribution in [0, 0.1) is 17.8 Å². The molecule has 3 saturated heterocycles. The van der Waals surface area contributed by atoms with Gasteiger partial charge in [-0.2, -0.15) is 0 Å². The van der Waals surface area contributed by atoms with Crippen molar-refractivity contribution in [3.05, 3.63) is 47.7 Å². The summed E-state index contributed by atoms with van der Waals surface area (Å²) in [5.41, 5.74) is 2.21. The molecule has 16 nitrogen and oxygen atoms in total. The van der Waals surface area contributed by atoms with E-state index in [1.165, 1.54) is 14.2 Å². The molecule has 4 aliphatic heterocycles. The molecule has 2 aliphatic carbocycles. The number of H-pyrrole nitrogens is 2. The third kappa shape index (κ3) is 7.56. The molecule has 58 heavy (non-hydrogen) atoms. The van der Waals surface area contributed by atoms with E-state index in [9.17, 15) is 19.2 Å². The van der Waals surface area contributed by atoms with E-state index in [4.69, 9.17) is 24.2 Å². The van der Waals surface area contributed by atoms with Crippen molar-refractivity contribution in [1.29, 1.82) is 0 Å². The van der Waals surface area contributed by atoms with Crippen LogP contribution in [-0.2, 0) is 23.8 Å². The number of rotatable bonds is 10. The number of nitrogens with zero attached hydrogens (tertiary/aromatic N) is 5. The van der Waals surface area contributed by atoms with Gasteiger partial charge in [0.15, 0.2) is 0 Å². The highest BCUT2D eigenvalue weighted by molar-refractivity contribution is 5.87. The first-order chi connectivity index (χ1) is 27.9. The Hall–Kier alpha value is -4.60. The lowest BCUT2D eigenvalue weighted by atomic mass is 9.72. The Balaban J connectivity index is 0.904. The van der Waals surface area contributed by atoms with Gasteiger partial charge in [-0.05, 0) is 75.8 Å². The Labute approximate surface area is 340 Å². The fraction of sp³-hybridized carbons (Fsp3) is 0.714. The van der Waals surface area contributed by atoms with Gasteiger partial charge in [0, 0.05) is 54.6 Å². The second-order valence-corrected chi connectivity index (χ2v) is 17.9. The van der Waals surface area contributed by atoms with Crippen LogP contribution in [0.5, 0.6) is 0 Å². The summed E-state index contributed by atoms with van der Waals surface area (Å²) >= 11 is 0. The van der Waals surface area contributed by atoms with Crippen molar-refractivity contribution in [2.24, 2.45) is 17.8 Å². The van der Waals surface area contributed by atoms with E-state index in [0.29, 0.717) is 31.0 Å². The molecule has 4 amide bonds. The van der Waals surface area contributed by atoms with Gasteiger partial charge in [0.05, 0.1) is 50.6 Å². The zero-order chi connectivity index (χ0) is 40.8. The maximum absolute atomic E-state index is 13.7. The smallest absolute Gasteiger partial charge is 0.407 e. The maximum atomic E-state index is 13.7. The number of carbonyl (C=O) groups excluding carboxylic acids is 4. The highest BCUT2D eigenvalue weighted by Crippen LogP contribution is 2.50. The summed E-state index contributed by atoms with van der Waals surface area (Å²) in [4.78, 5) is 74.8. The number of fused-ring (bicyclic) bond motifs is 2. The molecule has 2 aromatic heterocycles. The normalized spacial score (nSPS) is 31.2. The number of ether oxygens (including phenoxy) is 3. The summed E-state index contributed by atoms with van der Waals surface area (Å²) < 4.78 is 16.6. The van der Waals surface area contributed by atoms with Gasteiger partial charge in [0.1, 0.15) is 23.7 Å². The monoisotopic (exact) mass is 803 g/mol.